The third-order valence-electron chi connectivity index (χ3n) is 4.57. The molecule has 3 N–H and O–H groups in total. The number of hydrogen-bond acceptors (Lipinski definition) is 8. The number of ether oxygens (including phenoxy) is 3. The van der Waals surface area contributed by atoms with Gasteiger partial charge in [0, 0.05) is 24.9 Å². The molecule has 0 aliphatic rings. The maximum absolute atomic E-state index is 12.0. The molecule has 0 bridgehead atoms. The van der Waals surface area contributed by atoms with Crippen molar-refractivity contribution in [1.29, 1.82) is 5.26 Å². The molecule has 2 aromatic carbocycles. The minimum atomic E-state index is -0.740. The second kappa shape index (κ2) is 15.1. The maximum Gasteiger partial charge on any atom is 0.354 e. The average molecular weight is 502 g/mol. The molecule has 1 amide bonds. The fourth-order valence-electron chi connectivity index (χ4n) is 2.84. The predicted molar refractivity (Wildman–Crippen MR) is 131 cm³/mol. The Balaban J connectivity index is 0.00000612. The normalized spacial score (nSPS) is 11.3. The smallest absolute Gasteiger partial charge is 0.354 e. The summed E-state index contributed by atoms with van der Waals surface area (Å²) in [6, 6.07) is 15.5. The Morgan fingerprint density at radius 1 is 1.17 bits per heavy atom. The fourth-order valence-corrected chi connectivity index (χ4v) is 2.84. The monoisotopic (exact) mass is 501 g/mol. The van der Waals surface area contributed by atoms with Gasteiger partial charge in [0.2, 0.25) is 5.91 Å². The Morgan fingerprint density at radius 2 is 1.89 bits per heavy atom. The number of methoxy groups -OCH3 is 1. The topological polar surface area (TPSA) is 141 Å². The van der Waals surface area contributed by atoms with Crippen LogP contribution in [0, 0.1) is 11.3 Å². The second-order valence-corrected chi connectivity index (χ2v) is 7.35. The van der Waals surface area contributed by atoms with Crippen LogP contribution in [0.3, 0.4) is 0 Å². The highest BCUT2D eigenvalue weighted by Crippen LogP contribution is 2.23. The number of nitrogens with two attached hydrogens (primary N) is 1. The van der Waals surface area contributed by atoms with Gasteiger partial charge < -0.3 is 25.3 Å². The molecule has 0 unspecified atom stereocenters. The van der Waals surface area contributed by atoms with Crippen molar-refractivity contribution in [3.05, 3.63) is 70.9 Å². The van der Waals surface area contributed by atoms with Crippen LogP contribution in [-0.2, 0) is 30.5 Å². The highest BCUT2D eigenvalue weighted by atomic mass is 35.5. The Hall–Kier alpha value is -3.87. The maximum atomic E-state index is 12.0. The number of nitrogens with one attached hydrogen (secondary N) is 1. The van der Waals surface area contributed by atoms with E-state index >= 15 is 0 Å². The van der Waals surface area contributed by atoms with Crippen molar-refractivity contribution in [2.45, 2.75) is 32.4 Å². The Kier molecular flexibility index (Phi) is 12.6. The van der Waals surface area contributed by atoms with Crippen LogP contribution in [-0.4, -0.2) is 37.6 Å². The molecule has 0 aromatic heterocycles. The van der Waals surface area contributed by atoms with Gasteiger partial charge in [0.15, 0.2) is 0 Å². The number of nitrogens with zero attached hydrogens (tertiary/aromatic N) is 1. The number of carbonyl (C=O) groups is 3. The first-order chi connectivity index (χ1) is 16.3. The van der Waals surface area contributed by atoms with Crippen molar-refractivity contribution in [1.82, 2.24) is 5.32 Å². The summed E-state index contributed by atoms with van der Waals surface area (Å²) in [6.45, 7) is 1.51. The van der Waals surface area contributed by atoms with E-state index in [9.17, 15) is 19.6 Å². The lowest BCUT2D eigenvalue weighted by Gasteiger charge is -2.15. The zero-order valence-electron chi connectivity index (χ0n) is 19.5. The summed E-state index contributed by atoms with van der Waals surface area (Å²) < 4.78 is 15.7. The molecule has 2 rings (SSSR count). The highest BCUT2D eigenvalue weighted by Gasteiger charge is 2.15. The van der Waals surface area contributed by atoms with E-state index in [4.69, 9.17) is 19.9 Å². The lowest BCUT2D eigenvalue weighted by Crippen LogP contribution is -2.29. The van der Waals surface area contributed by atoms with Crippen molar-refractivity contribution >= 4 is 36.3 Å². The van der Waals surface area contributed by atoms with Gasteiger partial charge in [-0.1, -0.05) is 30.3 Å². The molecule has 0 saturated heterocycles. The van der Waals surface area contributed by atoms with Gasteiger partial charge in [-0.2, -0.15) is 5.26 Å². The molecule has 9 nitrogen and oxygen atoms in total. The van der Waals surface area contributed by atoms with Gasteiger partial charge in [0.25, 0.3) is 0 Å². The molecule has 186 valence electrons. The number of benzene rings is 2. The molecule has 35 heavy (non-hydrogen) atoms. The van der Waals surface area contributed by atoms with Crippen LogP contribution >= 0.6 is 12.4 Å². The largest absolute Gasteiger partial charge is 0.491 e. The van der Waals surface area contributed by atoms with Crippen LogP contribution in [0.2, 0.25) is 0 Å². The van der Waals surface area contributed by atoms with Crippen molar-refractivity contribution < 1.29 is 28.6 Å². The fraction of sp³-hybridized carbons (Fsp3) is 0.280. The standard InChI is InChI=1S/C25H27N3O6.ClH/c1-17(29)28-22(25(31)32-2)13-20-9-8-19(14-26)12-23(20)33-16-21(27)10-11-24(30)34-15-18-6-4-3-5-7-18;/h3-9,12-13,21H,10-11,15-16,27H2,1-2H3,(H,28,29);1H/b22-13+;/t21-;/m1./s1. The first-order valence-electron chi connectivity index (χ1n) is 10.5. The van der Waals surface area contributed by atoms with E-state index in [0.29, 0.717) is 17.5 Å². The van der Waals surface area contributed by atoms with E-state index in [1.165, 1.54) is 26.2 Å². The minimum Gasteiger partial charge on any atom is -0.491 e. The first-order valence-corrected chi connectivity index (χ1v) is 10.5. The molecular formula is C25H28ClN3O6. The van der Waals surface area contributed by atoms with E-state index in [2.05, 4.69) is 5.32 Å². The van der Waals surface area contributed by atoms with E-state index in [1.807, 2.05) is 36.4 Å². The summed E-state index contributed by atoms with van der Waals surface area (Å²) in [4.78, 5) is 35.4. The first kappa shape index (κ1) is 29.2. The number of rotatable bonds is 11. The Bertz CT molecular complexity index is 1080. The third kappa shape index (κ3) is 10.3. The van der Waals surface area contributed by atoms with Crippen LogP contribution in [0.25, 0.3) is 6.08 Å². The summed E-state index contributed by atoms with van der Waals surface area (Å²) in [5.74, 6) is -1.27. The van der Waals surface area contributed by atoms with E-state index in [1.54, 1.807) is 12.1 Å². The van der Waals surface area contributed by atoms with E-state index in [0.717, 1.165) is 5.56 Å². The van der Waals surface area contributed by atoms with Gasteiger partial charge in [-0.05, 0) is 36.3 Å². The quantitative estimate of drug-likeness (QED) is 0.353. The summed E-state index contributed by atoms with van der Waals surface area (Å²) in [6.07, 6.45) is 1.84. The van der Waals surface area contributed by atoms with Crippen molar-refractivity contribution in [2.75, 3.05) is 13.7 Å². The molecule has 0 saturated carbocycles. The Morgan fingerprint density at radius 3 is 2.51 bits per heavy atom. The average Bonchev–Trinajstić information content (AvgIpc) is 2.84. The van der Waals surface area contributed by atoms with Gasteiger partial charge in [-0.25, -0.2) is 4.79 Å². The van der Waals surface area contributed by atoms with Gasteiger partial charge in [-0.3, -0.25) is 9.59 Å². The third-order valence-corrected chi connectivity index (χ3v) is 4.57. The number of hydrogen-bond donors (Lipinski definition) is 2. The van der Waals surface area contributed by atoms with Crippen LogP contribution in [0.4, 0.5) is 0 Å². The molecule has 0 spiro atoms. The Labute approximate surface area is 210 Å². The molecule has 1 atom stereocenters. The van der Waals surface area contributed by atoms with Gasteiger partial charge in [0.1, 0.15) is 24.7 Å². The number of carbonyl (C=O) groups excluding carboxylic acids is 3. The van der Waals surface area contributed by atoms with Crippen molar-refractivity contribution in [3.63, 3.8) is 0 Å². The summed E-state index contributed by atoms with van der Waals surface area (Å²) in [5.41, 5.74) is 7.67. The summed E-state index contributed by atoms with van der Waals surface area (Å²) in [5, 5.41) is 11.6. The lowest BCUT2D eigenvalue weighted by atomic mass is 10.1. The van der Waals surface area contributed by atoms with E-state index in [-0.39, 0.29) is 49.5 Å². The second-order valence-electron chi connectivity index (χ2n) is 7.35. The molecule has 2 aromatic rings. The SMILES string of the molecule is COC(=O)/C(=C\c1ccc(C#N)cc1OC[C@H](N)CCC(=O)OCc1ccccc1)NC(C)=O.Cl. The van der Waals surface area contributed by atoms with Gasteiger partial charge >= 0.3 is 11.9 Å². The number of halogens is 1. The van der Waals surface area contributed by atoms with Crippen LogP contribution in [0.15, 0.2) is 54.2 Å². The number of nitriles is 1. The van der Waals surface area contributed by atoms with Crippen LogP contribution in [0.5, 0.6) is 5.75 Å². The molecule has 0 fully saturated rings. The lowest BCUT2D eigenvalue weighted by molar-refractivity contribution is -0.145. The zero-order chi connectivity index (χ0) is 24.9. The van der Waals surface area contributed by atoms with Crippen LogP contribution < -0.4 is 15.8 Å². The van der Waals surface area contributed by atoms with Crippen LogP contribution in [0.1, 0.15) is 36.5 Å². The molecule has 10 heteroatoms. The molecule has 0 aliphatic carbocycles. The van der Waals surface area contributed by atoms with Gasteiger partial charge in [-0.15, -0.1) is 12.4 Å². The molecule has 0 radical (unpaired) electrons. The molecule has 0 aliphatic heterocycles. The summed E-state index contributed by atoms with van der Waals surface area (Å²) in [7, 11) is 1.19. The minimum absolute atomic E-state index is 0. The molecule has 0 heterocycles. The molecular weight excluding hydrogens is 474 g/mol. The van der Waals surface area contributed by atoms with Crippen molar-refractivity contribution in [2.24, 2.45) is 5.73 Å². The summed E-state index contributed by atoms with van der Waals surface area (Å²) >= 11 is 0. The highest BCUT2D eigenvalue weighted by molar-refractivity contribution is 5.97. The zero-order valence-corrected chi connectivity index (χ0v) is 20.3. The number of amides is 1. The number of esters is 2. The van der Waals surface area contributed by atoms with E-state index < -0.39 is 17.9 Å². The predicted octanol–water partition coefficient (Wildman–Crippen LogP) is 2.86. The van der Waals surface area contributed by atoms with Crippen molar-refractivity contribution in [3.8, 4) is 11.8 Å². The van der Waals surface area contributed by atoms with Gasteiger partial charge in [0.05, 0.1) is 18.7 Å².